The van der Waals surface area contributed by atoms with Crippen LogP contribution in [0.25, 0.3) is 11.4 Å². The SMILES string of the molecule is O=S(=O)(c1cccc(F)c1)N1CCN(Cc2nc(-c3cccc(Cl)c3)no2)CC1. The van der Waals surface area contributed by atoms with Crippen molar-refractivity contribution >= 4 is 21.6 Å². The Bertz CT molecular complexity index is 1110. The average molecular weight is 437 g/mol. The number of rotatable bonds is 5. The van der Waals surface area contributed by atoms with Gasteiger partial charge >= 0.3 is 0 Å². The van der Waals surface area contributed by atoms with Crippen LogP contribution in [0, 0.1) is 5.82 Å². The third-order valence-corrected chi connectivity index (χ3v) is 6.80. The van der Waals surface area contributed by atoms with E-state index in [1.54, 1.807) is 12.1 Å². The largest absolute Gasteiger partial charge is 0.338 e. The lowest BCUT2D eigenvalue weighted by molar-refractivity contribution is 0.163. The number of hydrogen-bond donors (Lipinski definition) is 0. The predicted octanol–water partition coefficient (Wildman–Crippen LogP) is 3.04. The van der Waals surface area contributed by atoms with Crippen LogP contribution in [-0.4, -0.2) is 53.9 Å². The maximum Gasteiger partial charge on any atom is 0.243 e. The first-order chi connectivity index (χ1) is 13.9. The minimum atomic E-state index is -3.71. The lowest BCUT2D eigenvalue weighted by atomic mass is 10.2. The van der Waals surface area contributed by atoms with Gasteiger partial charge in [0.15, 0.2) is 0 Å². The van der Waals surface area contributed by atoms with Crippen molar-refractivity contribution in [2.45, 2.75) is 11.4 Å². The monoisotopic (exact) mass is 436 g/mol. The van der Waals surface area contributed by atoms with Crippen LogP contribution in [0.4, 0.5) is 4.39 Å². The quantitative estimate of drug-likeness (QED) is 0.611. The molecule has 10 heteroatoms. The average Bonchev–Trinajstić information content (AvgIpc) is 3.17. The summed E-state index contributed by atoms with van der Waals surface area (Å²) < 4.78 is 45.4. The Kier molecular flexibility index (Phi) is 5.64. The lowest BCUT2D eigenvalue weighted by Gasteiger charge is -2.33. The highest BCUT2D eigenvalue weighted by Gasteiger charge is 2.29. The molecule has 1 fully saturated rings. The fraction of sp³-hybridized carbons (Fsp3) is 0.263. The van der Waals surface area contributed by atoms with Gasteiger partial charge in [-0.2, -0.15) is 9.29 Å². The van der Waals surface area contributed by atoms with Crippen molar-refractivity contribution in [3.05, 3.63) is 65.3 Å². The second-order valence-corrected chi connectivity index (χ2v) is 9.03. The molecule has 1 aromatic heterocycles. The minimum Gasteiger partial charge on any atom is -0.338 e. The van der Waals surface area contributed by atoms with E-state index in [9.17, 15) is 12.8 Å². The van der Waals surface area contributed by atoms with Crippen LogP contribution in [0.3, 0.4) is 0 Å². The molecule has 2 aromatic carbocycles. The van der Waals surface area contributed by atoms with Crippen molar-refractivity contribution in [1.82, 2.24) is 19.3 Å². The summed E-state index contributed by atoms with van der Waals surface area (Å²) in [4.78, 5) is 6.39. The van der Waals surface area contributed by atoms with Crippen LogP contribution in [0.15, 0.2) is 57.9 Å². The van der Waals surface area contributed by atoms with Gasteiger partial charge in [0, 0.05) is 36.8 Å². The Labute approximate surface area is 172 Å². The lowest BCUT2D eigenvalue weighted by Crippen LogP contribution is -2.48. The maximum atomic E-state index is 13.4. The summed E-state index contributed by atoms with van der Waals surface area (Å²) in [6, 6.07) is 12.2. The van der Waals surface area contributed by atoms with Gasteiger partial charge < -0.3 is 4.52 Å². The molecule has 0 saturated carbocycles. The molecule has 152 valence electrons. The molecule has 0 aliphatic carbocycles. The molecular formula is C19H18ClFN4O3S. The molecule has 1 aliphatic heterocycles. The topological polar surface area (TPSA) is 79.5 Å². The normalized spacial score (nSPS) is 16.2. The smallest absolute Gasteiger partial charge is 0.243 e. The molecule has 1 saturated heterocycles. The summed E-state index contributed by atoms with van der Waals surface area (Å²) in [5.41, 5.74) is 0.763. The second kappa shape index (κ2) is 8.19. The third kappa shape index (κ3) is 4.48. The molecule has 7 nitrogen and oxygen atoms in total. The van der Waals surface area contributed by atoms with Crippen molar-refractivity contribution in [3.63, 3.8) is 0 Å². The standard InChI is InChI=1S/C19H18ClFN4O3S/c20-15-4-1-3-14(11-15)19-22-18(28-23-19)13-24-7-9-25(10-8-24)29(26,27)17-6-2-5-16(21)12-17/h1-6,11-12H,7-10,13H2. The molecule has 3 aromatic rings. The maximum absolute atomic E-state index is 13.4. The Balaban J connectivity index is 1.38. The molecular weight excluding hydrogens is 419 g/mol. The first-order valence-electron chi connectivity index (χ1n) is 8.98. The van der Waals surface area contributed by atoms with Gasteiger partial charge in [0.05, 0.1) is 11.4 Å². The highest BCUT2D eigenvalue weighted by atomic mass is 35.5. The first-order valence-corrected chi connectivity index (χ1v) is 10.8. The van der Waals surface area contributed by atoms with Crippen LogP contribution in [-0.2, 0) is 16.6 Å². The summed E-state index contributed by atoms with van der Waals surface area (Å²) in [6.07, 6.45) is 0. The molecule has 2 heterocycles. The van der Waals surface area contributed by atoms with E-state index in [2.05, 4.69) is 10.1 Å². The molecule has 4 rings (SSSR count). The summed E-state index contributed by atoms with van der Waals surface area (Å²) >= 11 is 5.99. The molecule has 0 radical (unpaired) electrons. The van der Waals surface area contributed by atoms with E-state index < -0.39 is 15.8 Å². The molecule has 0 bridgehead atoms. The van der Waals surface area contributed by atoms with Crippen LogP contribution in [0.5, 0.6) is 0 Å². The third-order valence-electron chi connectivity index (χ3n) is 4.67. The zero-order valence-corrected chi connectivity index (χ0v) is 16.9. The molecule has 0 unspecified atom stereocenters. The van der Waals surface area contributed by atoms with E-state index in [-0.39, 0.29) is 4.90 Å². The summed E-state index contributed by atoms with van der Waals surface area (Å²) in [5, 5.41) is 4.57. The molecule has 0 amide bonds. The minimum absolute atomic E-state index is 0.0333. The van der Waals surface area contributed by atoms with E-state index in [1.165, 1.54) is 22.5 Å². The van der Waals surface area contributed by atoms with Crippen molar-refractivity contribution in [2.75, 3.05) is 26.2 Å². The highest BCUT2D eigenvalue weighted by molar-refractivity contribution is 7.89. The van der Waals surface area contributed by atoms with Crippen LogP contribution in [0.1, 0.15) is 5.89 Å². The number of benzene rings is 2. The fourth-order valence-electron chi connectivity index (χ4n) is 3.16. The predicted molar refractivity (Wildman–Crippen MR) is 105 cm³/mol. The number of hydrogen-bond acceptors (Lipinski definition) is 6. The number of sulfonamides is 1. The Morgan fingerprint density at radius 2 is 1.83 bits per heavy atom. The number of aromatic nitrogens is 2. The van der Waals surface area contributed by atoms with Gasteiger partial charge in [-0.25, -0.2) is 12.8 Å². The summed E-state index contributed by atoms with van der Waals surface area (Å²) in [7, 11) is -3.71. The molecule has 29 heavy (non-hydrogen) atoms. The van der Waals surface area contributed by atoms with Gasteiger partial charge in [-0.3, -0.25) is 4.90 Å². The summed E-state index contributed by atoms with van der Waals surface area (Å²) in [5.74, 6) is 0.327. The van der Waals surface area contributed by atoms with Crippen molar-refractivity contribution in [1.29, 1.82) is 0 Å². The van der Waals surface area contributed by atoms with Crippen LogP contribution < -0.4 is 0 Å². The van der Waals surface area contributed by atoms with Crippen molar-refractivity contribution < 1.29 is 17.3 Å². The van der Waals surface area contributed by atoms with E-state index in [0.29, 0.717) is 49.5 Å². The number of nitrogens with zero attached hydrogens (tertiary/aromatic N) is 4. The van der Waals surface area contributed by atoms with E-state index in [1.807, 2.05) is 17.0 Å². The van der Waals surface area contributed by atoms with Gasteiger partial charge in [-0.1, -0.05) is 35.0 Å². The van der Waals surface area contributed by atoms with Crippen molar-refractivity contribution in [3.8, 4) is 11.4 Å². The highest BCUT2D eigenvalue weighted by Crippen LogP contribution is 2.22. The Morgan fingerprint density at radius 1 is 1.07 bits per heavy atom. The van der Waals surface area contributed by atoms with Gasteiger partial charge in [0.1, 0.15) is 5.82 Å². The Hall–Kier alpha value is -2.33. The number of halogens is 2. The first kappa shape index (κ1) is 20.0. The fourth-order valence-corrected chi connectivity index (χ4v) is 4.80. The molecule has 1 aliphatic rings. The second-order valence-electron chi connectivity index (χ2n) is 6.66. The van der Waals surface area contributed by atoms with Gasteiger partial charge in [0.25, 0.3) is 0 Å². The molecule has 0 N–H and O–H groups in total. The van der Waals surface area contributed by atoms with Crippen molar-refractivity contribution in [2.24, 2.45) is 0 Å². The molecule has 0 spiro atoms. The van der Waals surface area contributed by atoms with Gasteiger partial charge in [-0.05, 0) is 30.3 Å². The van der Waals surface area contributed by atoms with E-state index in [0.717, 1.165) is 11.6 Å². The zero-order valence-electron chi connectivity index (χ0n) is 15.3. The van der Waals surface area contributed by atoms with Gasteiger partial charge in [0.2, 0.25) is 21.7 Å². The zero-order chi connectivity index (χ0) is 20.4. The number of piperazine rings is 1. The molecule has 0 atom stereocenters. The van der Waals surface area contributed by atoms with E-state index >= 15 is 0 Å². The summed E-state index contributed by atoms with van der Waals surface area (Å²) in [6.45, 7) is 2.02. The van der Waals surface area contributed by atoms with Gasteiger partial charge in [-0.15, -0.1) is 0 Å². The van der Waals surface area contributed by atoms with Crippen LogP contribution in [0.2, 0.25) is 5.02 Å². The van der Waals surface area contributed by atoms with Crippen LogP contribution >= 0.6 is 11.6 Å². The van der Waals surface area contributed by atoms with E-state index in [4.69, 9.17) is 16.1 Å². The Morgan fingerprint density at radius 3 is 2.55 bits per heavy atom.